The highest BCUT2D eigenvalue weighted by Crippen LogP contribution is 2.22. The minimum atomic E-state index is -1.59. The number of esters is 1. The molecule has 5 rings (SSSR count). The molecular formula is C72H110N20O15. The molecule has 107 heavy (non-hydrogen) atoms. The van der Waals surface area contributed by atoms with E-state index in [9.17, 15) is 57.8 Å². The second kappa shape index (κ2) is 44.8. The Morgan fingerprint density at radius 1 is 0.626 bits per heavy atom. The maximum Gasteiger partial charge on any atom is 0.408 e. The number of nitrogens with zero attached hydrogens (tertiary/aromatic N) is 5. The van der Waals surface area contributed by atoms with Crippen LogP contribution in [0.1, 0.15) is 148 Å². The quantitative estimate of drug-likeness (QED) is 0.00951. The van der Waals surface area contributed by atoms with Crippen molar-refractivity contribution in [3.8, 4) is 0 Å². The summed E-state index contributed by atoms with van der Waals surface area (Å²) < 4.78 is 15.7. The molecule has 588 valence electrons. The Balaban J connectivity index is 1.33. The van der Waals surface area contributed by atoms with Crippen LogP contribution in [0.2, 0.25) is 0 Å². The first kappa shape index (κ1) is 86.8. The number of hydrogen-bond acceptors (Lipinski definition) is 19. The number of nitrogens with two attached hydrogens (primary N) is 4. The summed E-state index contributed by atoms with van der Waals surface area (Å²) in [5.74, 6) is -7.91. The van der Waals surface area contributed by atoms with Crippen LogP contribution in [0.15, 0.2) is 95.7 Å². The molecule has 0 aliphatic carbocycles. The molecule has 3 heterocycles. The molecule has 4 aromatic rings. The molecule has 0 saturated carbocycles. The number of aromatic amines is 2. The van der Waals surface area contributed by atoms with Crippen molar-refractivity contribution in [2.45, 2.75) is 217 Å². The fraction of sp³-hybridized carbons (Fsp3) is 0.569. The van der Waals surface area contributed by atoms with Crippen LogP contribution in [-0.2, 0) is 83.2 Å². The van der Waals surface area contributed by atoms with E-state index in [4.69, 9.17) is 37.1 Å². The minimum Gasteiger partial charge on any atom is -0.467 e. The van der Waals surface area contributed by atoms with Crippen molar-refractivity contribution in [3.63, 3.8) is 0 Å². The number of rotatable bonds is 44. The molecule has 0 spiro atoms. The second-order valence-corrected chi connectivity index (χ2v) is 27.8. The molecule has 2 aromatic carbocycles. The van der Waals surface area contributed by atoms with E-state index < -0.39 is 144 Å². The molecule has 10 amide bonds. The van der Waals surface area contributed by atoms with Crippen LogP contribution in [0, 0.1) is 11.8 Å². The maximum absolute atomic E-state index is 15.0. The molecule has 1 aliphatic heterocycles. The van der Waals surface area contributed by atoms with Gasteiger partial charge in [0, 0.05) is 69.2 Å². The van der Waals surface area contributed by atoms with Crippen molar-refractivity contribution in [2.24, 2.45) is 44.8 Å². The van der Waals surface area contributed by atoms with Gasteiger partial charge in [-0.1, -0.05) is 94.8 Å². The lowest BCUT2D eigenvalue weighted by Gasteiger charge is -2.31. The number of aliphatic imine (C=N–C) groups is 2. The largest absolute Gasteiger partial charge is 0.467 e. The molecule has 11 atom stereocenters. The van der Waals surface area contributed by atoms with Gasteiger partial charge in [0.25, 0.3) is 0 Å². The van der Waals surface area contributed by atoms with Gasteiger partial charge in [0.05, 0.1) is 38.3 Å². The number of carbonyl (C=O) groups excluding carboxylic acids is 11. The van der Waals surface area contributed by atoms with E-state index in [0.717, 1.165) is 0 Å². The molecule has 0 radical (unpaired) electrons. The number of amides is 10. The molecule has 20 N–H and O–H groups in total. The van der Waals surface area contributed by atoms with Gasteiger partial charge in [0.15, 0.2) is 11.9 Å². The summed E-state index contributed by atoms with van der Waals surface area (Å²) in [4.78, 5) is 178. The number of hydrogen-bond donors (Lipinski definition) is 16. The van der Waals surface area contributed by atoms with Crippen LogP contribution in [0.25, 0.3) is 0 Å². The van der Waals surface area contributed by atoms with Gasteiger partial charge >= 0.3 is 18.2 Å². The SMILES string of the molecule is CC[C@H](C)[C@H](NC(=O)C[C@H](O)[C@H](CC(C)C)NC(=O)[C@H](Cc1cnc[nH]1)NC(=O)[C@H](Cc1ccccc1)NC(=O)[C@@H]1CCCN1C(=O)[C@H](CCCN=C(N)N)NC(=O)[C@H](CCCN=C(N)N)NC(=O)OCc1ccccc1)C(=O)N[C@@H](Cc1cnc[nH]1)C(=O)N[C@@H](CCCCNC(=O)OC(C)(C)C)C(=O)OC. The standard InChI is InChI=1S/C72H110N20O15/c1-9-44(4)59(65(100)89-55(36-48-39-78-42-83-48)62(97)85-51(67(102)105-8)25-16-17-29-81-70(103)107-72(5,6)7)91-58(94)37-57(93)52(33-43(2)3)86-63(98)54(35-47-38-77-41-82-47)87-61(96)53(34-45-21-12-10-13-22-45)88-64(99)56-28-20-32-92(56)66(101)50(27-19-31-80-69(75)76)84-60(95)49(26-18-30-79-68(73)74)90-71(104)106-40-46-23-14-11-15-24-46/h10-15,21-24,38-39,41-44,49-57,59,93H,9,16-20,25-37,40H2,1-8H3,(H,77,82)(H,78,83)(H,81,103)(H,84,95)(H,85,97)(H,86,98)(H,87,96)(H,88,99)(H,89,100)(H,90,104)(H,91,94)(H4,73,74,79)(H4,75,76,80)/t44-,49-,50-,51-,52-,53-,54-,55-,56-,57-,59-/m0/s1. The Labute approximate surface area is 623 Å². The van der Waals surface area contributed by atoms with Crippen molar-refractivity contribution in [2.75, 3.05) is 33.3 Å². The number of alkyl carbamates (subject to hydrolysis) is 2. The van der Waals surface area contributed by atoms with Crippen LogP contribution in [0.5, 0.6) is 0 Å². The lowest BCUT2D eigenvalue weighted by Crippen LogP contribution is -2.60. The normalized spacial score (nSPS) is 15.5. The maximum atomic E-state index is 15.0. The van der Waals surface area contributed by atoms with E-state index in [1.165, 1.54) is 37.1 Å². The Kier molecular flexibility index (Phi) is 36.3. The van der Waals surface area contributed by atoms with E-state index in [2.05, 4.69) is 77.8 Å². The number of aromatic nitrogens is 4. The number of carbonyl (C=O) groups is 11. The fourth-order valence-corrected chi connectivity index (χ4v) is 11.7. The zero-order chi connectivity index (χ0) is 78.6. The summed E-state index contributed by atoms with van der Waals surface area (Å²) in [7, 11) is 1.17. The number of guanidine groups is 2. The highest BCUT2D eigenvalue weighted by Gasteiger charge is 2.41. The third-order valence-corrected chi connectivity index (χ3v) is 17.4. The fourth-order valence-electron chi connectivity index (χ4n) is 11.7. The minimum absolute atomic E-state index is 0.0138. The summed E-state index contributed by atoms with van der Waals surface area (Å²) in [6.45, 7) is 12.7. The molecule has 1 fully saturated rings. The summed E-state index contributed by atoms with van der Waals surface area (Å²) >= 11 is 0. The van der Waals surface area contributed by atoms with Gasteiger partial charge in [-0.15, -0.1) is 0 Å². The summed E-state index contributed by atoms with van der Waals surface area (Å²) in [5, 5.41) is 36.7. The Morgan fingerprint density at radius 3 is 1.69 bits per heavy atom. The van der Waals surface area contributed by atoms with Gasteiger partial charge < -0.3 is 105 Å². The number of unbranched alkanes of at least 4 members (excludes halogenated alkanes) is 1. The van der Waals surface area contributed by atoms with Crippen molar-refractivity contribution >= 4 is 77.3 Å². The first-order valence-corrected chi connectivity index (χ1v) is 36.1. The number of benzene rings is 2. The van der Waals surface area contributed by atoms with Crippen LogP contribution in [0.3, 0.4) is 0 Å². The van der Waals surface area contributed by atoms with Gasteiger partial charge in [-0.05, 0) is 108 Å². The molecule has 2 aromatic heterocycles. The van der Waals surface area contributed by atoms with Crippen molar-refractivity contribution in [3.05, 3.63) is 108 Å². The van der Waals surface area contributed by atoms with Crippen LogP contribution in [0.4, 0.5) is 9.59 Å². The van der Waals surface area contributed by atoms with E-state index in [1.807, 2.05) is 13.8 Å². The zero-order valence-corrected chi connectivity index (χ0v) is 62.4. The number of nitrogens with one attached hydrogen (secondary N) is 11. The highest BCUT2D eigenvalue weighted by atomic mass is 16.6. The van der Waals surface area contributed by atoms with E-state index in [0.29, 0.717) is 48.2 Å². The molecular weight excluding hydrogens is 1380 g/mol. The number of ether oxygens (including phenoxy) is 3. The average Bonchev–Trinajstić information content (AvgIpc) is 1.71. The number of aliphatic hydroxyl groups excluding tert-OH is 1. The second-order valence-electron chi connectivity index (χ2n) is 27.8. The molecule has 0 unspecified atom stereocenters. The third-order valence-electron chi connectivity index (χ3n) is 17.4. The summed E-state index contributed by atoms with van der Waals surface area (Å²) in [6, 6.07) is 6.18. The van der Waals surface area contributed by atoms with Crippen molar-refractivity contribution < 1.29 is 72.1 Å². The molecule has 0 bridgehead atoms. The molecule has 1 aliphatic rings. The molecule has 35 heteroatoms. The van der Waals surface area contributed by atoms with Gasteiger partial charge in [0.1, 0.15) is 60.5 Å². The highest BCUT2D eigenvalue weighted by molar-refractivity contribution is 5.97. The molecule has 35 nitrogen and oxygen atoms in total. The predicted molar refractivity (Wildman–Crippen MR) is 396 cm³/mol. The molecule has 1 saturated heterocycles. The number of aliphatic hydroxyl groups is 1. The monoisotopic (exact) mass is 1490 g/mol. The van der Waals surface area contributed by atoms with Crippen LogP contribution >= 0.6 is 0 Å². The van der Waals surface area contributed by atoms with Gasteiger partial charge in [-0.3, -0.25) is 48.3 Å². The van der Waals surface area contributed by atoms with E-state index >= 15 is 0 Å². The summed E-state index contributed by atoms with van der Waals surface area (Å²) in [5.41, 5.74) is 23.8. The lowest BCUT2D eigenvalue weighted by molar-refractivity contribution is -0.145. The van der Waals surface area contributed by atoms with Crippen LogP contribution < -0.4 is 70.8 Å². The zero-order valence-electron chi connectivity index (χ0n) is 62.4. The van der Waals surface area contributed by atoms with Gasteiger partial charge in [-0.2, -0.15) is 0 Å². The first-order valence-electron chi connectivity index (χ1n) is 36.1. The van der Waals surface area contributed by atoms with Crippen molar-refractivity contribution in [1.82, 2.24) is 72.7 Å². The lowest BCUT2D eigenvalue weighted by atomic mass is 9.95. The van der Waals surface area contributed by atoms with Gasteiger partial charge in [-0.25, -0.2) is 24.4 Å². The van der Waals surface area contributed by atoms with Gasteiger partial charge in [0.2, 0.25) is 47.3 Å². The third kappa shape index (κ3) is 31.8. The number of imidazole rings is 2. The number of H-pyrrole nitrogens is 2. The topological polar surface area (TPSA) is 533 Å². The Bertz CT molecular complexity index is 3530. The number of methoxy groups -OCH3 is 1. The van der Waals surface area contributed by atoms with E-state index in [1.54, 1.807) is 95.3 Å². The number of likely N-dealkylation sites (tertiary alicyclic amines) is 1. The smallest absolute Gasteiger partial charge is 0.408 e. The predicted octanol–water partition coefficient (Wildman–Crippen LogP) is 0.659. The Hall–Kier alpha value is -10.9. The Morgan fingerprint density at radius 2 is 1.15 bits per heavy atom. The van der Waals surface area contributed by atoms with Crippen LogP contribution in [-0.4, -0.2) is 207 Å². The summed E-state index contributed by atoms with van der Waals surface area (Å²) in [6.07, 6.45) is 3.80. The first-order chi connectivity index (χ1) is 50.9. The average molecular weight is 1500 g/mol. The van der Waals surface area contributed by atoms with Crippen molar-refractivity contribution in [1.29, 1.82) is 0 Å². The van der Waals surface area contributed by atoms with E-state index in [-0.39, 0.29) is 115 Å².